The van der Waals surface area contributed by atoms with Crippen LogP contribution < -0.4 is 21.7 Å². The number of hydrogen-bond donors (Lipinski definition) is 5. The number of benzene rings is 2. The molecule has 0 aromatic heterocycles. The summed E-state index contributed by atoms with van der Waals surface area (Å²) >= 11 is 0. The molecule has 0 bridgehead atoms. The van der Waals surface area contributed by atoms with Crippen LogP contribution in [0.2, 0.25) is 0 Å². The van der Waals surface area contributed by atoms with Gasteiger partial charge in [-0.2, -0.15) is 5.26 Å². The molecule has 0 saturated carbocycles. The summed E-state index contributed by atoms with van der Waals surface area (Å²) in [6.07, 6.45) is -0.726. The number of nitrogens with one attached hydrogen (secondary N) is 3. The fraction of sp³-hybridized carbons (Fsp3) is 0.304. The molecule has 0 spiro atoms. The SMILES string of the molecule is Cc1cc(N)c(NC(=O)C2CC(NC(=O)Nc3ccc(C#N)cc3)CCN2C(=O)O)cc1C. The van der Waals surface area contributed by atoms with Crippen molar-refractivity contribution in [2.45, 2.75) is 38.8 Å². The largest absolute Gasteiger partial charge is 0.465 e. The molecule has 1 heterocycles. The number of nitrogen functional groups attached to an aromatic ring is 1. The van der Waals surface area contributed by atoms with Crippen LogP contribution in [0.4, 0.5) is 26.7 Å². The molecule has 4 amide bonds. The Morgan fingerprint density at radius 2 is 1.79 bits per heavy atom. The molecule has 3 rings (SSSR count). The third-order valence-corrected chi connectivity index (χ3v) is 5.68. The van der Waals surface area contributed by atoms with Gasteiger partial charge in [-0.15, -0.1) is 0 Å². The Hall–Kier alpha value is -4.26. The van der Waals surface area contributed by atoms with Crippen molar-refractivity contribution in [3.05, 3.63) is 53.1 Å². The van der Waals surface area contributed by atoms with Crippen molar-refractivity contribution in [1.82, 2.24) is 10.2 Å². The first kappa shape index (κ1) is 23.4. The van der Waals surface area contributed by atoms with Crippen LogP contribution in [0.3, 0.4) is 0 Å². The molecule has 0 aliphatic carbocycles. The molecule has 10 heteroatoms. The molecule has 2 atom stereocenters. The fourth-order valence-electron chi connectivity index (χ4n) is 3.72. The predicted molar refractivity (Wildman–Crippen MR) is 124 cm³/mol. The quantitative estimate of drug-likeness (QED) is 0.450. The van der Waals surface area contributed by atoms with Crippen LogP contribution in [0.15, 0.2) is 36.4 Å². The number of likely N-dealkylation sites (tertiary alicyclic amines) is 1. The Morgan fingerprint density at radius 1 is 1.12 bits per heavy atom. The minimum Gasteiger partial charge on any atom is -0.465 e. The molecule has 1 aliphatic rings. The van der Waals surface area contributed by atoms with Gasteiger partial charge in [-0.1, -0.05) is 0 Å². The Labute approximate surface area is 191 Å². The number of aryl methyl sites for hydroxylation is 2. The first-order valence-electron chi connectivity index (χ1n) is 10.4. The van der Waals surface area contributed by atoms with E-state index in [1.54, 1.807) is 36.4 Å². The fourth-order valence-corrected chi connectivity index (χ4v) is 3.72. The maximum absolute atomic E-state index is 13.0. The standard InChI is InChI=1S/C23H26N6O4/c1-13-9-18(25)19(10-14(13)2)28-21(30)20-11-17(7-8-29(20)23(32)33)27-22(31)26-16-5-3-15(12-24)4-6-16/h3-6,9-10,17,20H,7-8,11,25H2,1-2H3,(H,28,30)(H,32,33)(H2,26,27,31). The normalized spacial score (nSPS) is 17.5. The molecule has 0 radical (unpaired) electrons. The van der Waals surface area contributed by atoms with E-state index in [-0.39, 0.29) is 13.0 Å². The number of urea groups is 1. The van der Waals surface area contributed by atoms with Crippen LogP contribution in [0.25, 0.3) is 0 Å². The van der Waals surface area contributed by atoms with Gasteiger partial charge in [-0.25, -0.2) is 9.59 Å². The highest BCUT2D eigenvalue weighted by atomic mass is 16.4. The molecular formula is C23H26N6O4. The minimum atomic E-state index is -1.20. The lowest BCUT2D eigenvalue weighted by Gasteiger charge is -2.37. The van der Waals surface area contributed by atoms with Crippen LogP contribution >= 0.6 is 0 Å². The number of piperidine rings is 1. The van der Waals surface area contributed by atoms with Crippen molar-refractivity contribution in [1.29, 1.82) is 5.26 Å². The molecule has 10 nitrogen and oxygen atoms in total. The van der Waals surface area contributed by atoms with E-state index in [1.165, 1.54) is 0 Å². The average Bonchev–Trinajstić information content (AvgIpc) is 2.77. The van der Waals surface area contributed by atoms with Gasteiger partial charge >= 0.3 is 12.1 Å². The minimum absolute atomic E-state index is 0.0949. The van der Waals surface area contributed by atoms with Gasteiger partial charge in [0.05, 0.1) is 23.0 Å². The second-order valence-electron chi connectivity index (χ2n) is 8.01. The summed E-state index contributed by atoms with van der Waals surface area (Å²) < 4.78 is 0. The summed E-state index contributed by atoms with van der Waals surface area (Å²) in [5.41, 5.74) is 9.73. The topological polar surface area (TPSA) is 161 Å². The number of nitrogens with zero attached hydrogens (tertiary/aromatic N) is 2. The van der Waals surface area contributed by atoms with Gasteiger partial charge in [0, 0.05) is 18.3 Å². The third kappa shape index (κ3) is 5.71. The number of nitrogens with two attached hydrogens (primary N) is 1. The van der Waals surface area contributed by atoms with Gasteiger partial charge in [0.25, 0.3) is 0 Å². The number of hydrogen-bond acceptors (Lipinski definition) is 5. The van der Waals surface area contributed by atoms with Crippen LogP contribution in [0.5, 0.6) is 0 Å². The van der Waals surface area contributed by atoms with Gasteiger partial charge in [0.2, 0.25) is 5.91 Å². The summed E-state index contributed by atoms with van der Waals surface area (Å²) in [7, 11) is 0. The van der Waals surface area contributed by atoms with Gasteiger partial charge < -0.3 is 26.8 Å². The van der Waals surface area contributed by atoms with Gasteiger partial charge in [-0.05, 0) is 74.2 Å². The summed E-state index contributed by atoms with van der Waals surface area (Å²) in [4.78, 5) is 38.2. The zero-order chi connectivity index (χ0) is 24.1. The Balaban J connectivity index is 1.67. The van der Waals surface area contributed by atoms with E-state index in [0.29, 0.717) is 29.0 Å². The smallest absolute Gasteiger partial charge is 0.407 e. The highest BCUT2D eigenvalue weighted by Crippen LogP contribution is 2.25. The van der Waals surface area contributed by atoms with E-state index >= 15 is 0 Å². The summed E-state index contributed by atoms with van der Waals surface area (Å²) in [6.45, 7) is 3.89. The zero-order valence-corrected chi connectivity index (χ0v) is 18.4. The molecule has 1 saturated heterocycles. The lowest BCUT2D eigenvalue weighted by atomic mass is 9.96. The molecule has 2 aromatic rings. The number of anilines is 3. The Morgan fingerprint density at radius 3 is 2.42 bits per heavy atom. The molecule has 1 aliphatic heterocycles. The molecule has 2 unspecified atom stereocenters. The van der Waals surface area contributed by atoms with Crippen LogP contribution in [-0.2, 0) is 4.79 Å². The van der Waals surface area contributed by atoms with E-state index in [2.05, 4.69) is 16.0 Å². The summed E-state index contributed by atoms with van der Waals surface area (Å²) in [5.74, 6) is -0.508. The van der Waals surface area contributed by atoms with Crippen LogP contribution in [-0.4, -0.2) is 46.7 Å². The number of amides is 4. The Kier molecular flexibility index (Phi) is 7.03. The van der Waals surface area contributed by atoms with E-state index in [9.17, 15) is 19.5 Å². The van der Waals surface area contributed by atoms with Crippen LogP contribution in [0, 0.1) is 25.2 Å². The zero-order valence-electron chi connectivity index (χ0n) is 18.4. The number of carbonyl (C=O) groups is 3. The maximum atomic E-state index is 13.0. The number of carboxylic acid groups (broad SMARTS) is 1. The second kappa shape index (κ2) is 9.91. The van der Waals surface area contributed by atoms with Crippen molar-refractivity contribution in [2.75, 3.05) is 22.9 Å². The van der Waals surface area contributed by atoms with Crippen molar-refractivity contribution in [3.63, 3.8) is 0 Å². The second-order valence-corrected chi connectivity index (χ2v) is 8.01. The van der Waals surface area contributed by atoms with Crippen molar-refractivity contribution >= 4 is 35.1 Å². The van der Waals surface area contributed by atoms with E-state index in [4.69, 9.17) is 11.0 Å². The average molecular weight is 450 g/mol. The summed E-state index contributed by atoms with van der Waals surface area (Å²) in [5, 5.41) is 26.6. The van der Waals surface area contributed by atoms with E-state index < -0.39 is 30.1 Å². The number of carbonyl (C=O) groups excluding carboxylic acids is 2. The van der Waals surface area contributed by atoms with Gasteiger partial charge in [-0.3, -0.25) is 9.69 Å². The number of rotatable bonds is 4. The van der Waals surface area contributed by atoms with Gasteiger partial charge in [0.1, 0.15) is 6.04 Å². The molecule has 33 heavy (non-hydrogen) atoms. The highest BCUT2D eigenvalue weighted by Gasteiger charge is 2.37. The first-order chi connectivity index (χ1) is 15.7. The van der Waals surface area contributed by atoms with Crippen LogP contribution in [0.1, 0.15) is 29.5 Å². The maximum Gasteiger partial charge on any atom is 0.407 e. The molecule has 1 fully saturated rings. The third-order valence-electron chi connectivity index (χ3n) is 5.68. The van der Waals surface area contributed by atoms with Crippen molar-refractivity contribution < 1.29 is 19.5 Å². The van der Waals surface area contributed by atoms with Gasteiger partial charge in [0.15, 0.2) is 0 Å². The Bertz CT molecular complexity index is 1110. The monoisotopic (exact) mass is 450 g/mol. The lowest BCUT2D eigenvalue weighted by Crippen LogP contribution is -2.56. The molecule has 2 aromatic carbocycles. The first-order valence-corrected chi connectivity index (χ1v) is 10.4. The van der Waals surface area contributed by atoms with Crippen molar-refractivity contribution in [3.8, 4) is 6.07 Å². The van der Waals surface area contributed by atoms with E-state index in [0.717, 1.165) is 16.0 Å². The molecular weight excluding hydrogens is 424 g/mol. The molecule has 172 valence electrons. The predicted octanol–water partition coefficient (Wildman–Crippen LogP) is 3.03. The molecule has 6 N–H and O–H groups in total. The van der Waals surface area contributed by atoms with Crippen molar-refractivity contribution in [2.24, 2.45) is 0 Å². The number of nitriles is 1. The summed E-state index contributed by atoms with van der Waals surface area (Å²) in [6, 6.07) is 10.00. The lowest BCUT2D eigenvalue weighted by molar-refractivity contribution is -0.122. The van der Waals surface area contributed by atoms with E-state index in [1.807, 2.05) is 19.9 Å². The highest BCUT2D eigenvalue weighted by molar-refractivity contribution is 5.99.